The average molecular weight is 259 g/mol. The molecule has 2 nitrogen and oxygen atoms in total. The monoisotopic (exact) mass is 259 g/mol. The number of nitrogens with zero attached hydrogens (tertiary/aromatic N) is 1. The highest BCUT2D eigenvalue weighted by Gasteiger charge is 2.11. The molecular formula is C17H25NO. The van der Waals surface area contributed by atoms with Crippen molar-refractivity contribution in [2.24, 2.45) is 0 Å². The molecule has 0 aromatic heterocycles. The van der Waals surface area contributed by atoms with Crippen molar-refractivity contribution in [1.29, 1.82) is 0 Å². The lowest BCUT2D eigenvalue weighted by Gasteiger charge is -2.26. The molecule has 104 valence electrons. The summed E-state index contributed by atoms with van der Waals surface area (Å²) in [5.74, 6) is 0. The second-order valence-electron chi connectivity index (χ2n) is 5.44. The van der Waals surface area contributed by atoms with Crippen LogP contribution in [0.3, 0.4) is 0 Å². The third-order valence-corrected chi connectivity index (χ3v) is 3.97. The molecule has 1 aliphatic rings. The van der Waals surface area contributed by atoms with Gasteiger partial charge >= 0.3 is 0 Å². The summed E-state index contributed by atoms with van der Waals surface area (Å²) in [4.78, 5) is 13.1. The Bertz CT molecular complexity index is 379. The van der Waals surface area contributed by atoms with E-state index < -0.39 is 0 Å². The quantitative estimate of drug-likeness (QED) is 0.762. The van der Waals surface area contributed by atoms with Crippen molar-refractivity contribution < 1.29 is 4.79 Å². The van der Waals surface area contributed by atoms with Gasteiger partial charge in [0.1, 0.15) is 6.29 Å². The molecule has 1 fully saturated rings. The second-order valence-corrected chi connectivity index (χ2v) is 5.44. The molecule has 19 heavy (non-hydrogen) atoms. The largest absolute Gasteiger partial charge is 0.371 e. The predicted octanol–water partition coefficient (Wildman–Crippen LogP) is 3.98. The summed E-state index contributed by atoms with van der Waals surface area (Å²) in [7, 11) is 0. The molecule has 0 atom stereocenters. The van der Waals surface area contributed by atoms with Gasteiger partial charge in [0.15, 0.2) is 0 Å². The minimum atomic E-state index is 0.630. The van der Waals surface area contributed by atoms with Crippen LogP contribution in [0.15, 0.2) is 24.3 Å². The van der Waals surface area contributed by atoms with E-state index in [0.29, 0.717) is 6.42 Å². The van der Waals surface area contributed by atoms with Crippen LogP contribution in [0, 0.1) is 0 Å². The molecule has 2 rings (SSSR count). The van der Waals surface area contributed by atoms with Gasteiger partial charge in [-0.15, -0.1) is 0 Å². The van der Waals surface area contributed by atoms with Gasteiger partial charge < -0.3 is 9.69 Å². The van der Waals surface area contributed by atoms with Crippen LogP contribution in [-0.4, -0.2) is 19.4 Å². The fraction of sp³-hybridized carbons (Fsp3) is 0.588. The summed E-state index contributed by atoms with van der Waals surface area (Å²) < 4.78 is 0. The topological polar surface area (TPSA) is 20.3 Å². The van der Waals surface area contributed by atoms with Gasteiger partial charge in [-0.25, -0.2) is 0 Å². The Morgan fingerprint density at radius 3 is 2.26 bits per heavy atom. The zero-order chi connectivity index (χ0) is 13.3. The van der Waals surface area contributed by atoms with Crippen LogP contribution in [0.1, 0.15) is 50.5 Å². The molecule has 0 unspecified atom stereocenters. The number of aryl methyl sites for hydroxylation is 1. The number of carbonyl (C=O) groups is 1. The highest BCUT2D eigenvalue weighted by atomic mass is 16.1. The molecule has 0 spiro atoms. The molecule has 0 bridgehead atoms. The van der Waals surface area contributed by atoms with Crippen LogP contribution < -0.4 is 4.90 Å². The van der Waals surface area contributed by atoms with E-state index in [9.17, 15) is 4.79 Å². The Morgan fingerprint density at radius 2 is 1.58 bits per heavy atom. The van der Waals surface area contributed by atoms with Crippen molar-refractivity contribution in [2.75, 3.05) is 18.0 Å². The first-order chi connectivity index (χ1) is 9.42. The Kier molecular flexibility index (Phi) is 5.93. The third kappa shape index (κ3) is 4.38. The van der Waals surface area contributed by atoms with Gasteiger partial charge in [-0.1, -0.05) is 43.9 Å². The van der Waals surface area contributed by atoms with E-state index in [1.807, 2.05) is 0 Å². The van der Waals surface area contributed by atoms with Gasteiger partial charge in [0.25, 0.3) is 0 Å². The van der Waals surface area contributed by atoms with Gasteiger partial charge in [0.05, 0.1) is 0 Å². The summed E-state index contributed by atoms with van der Waals surface area (Å²) in [6, 6.07) is 8.59. The van der Waals surface area contributed by atoms with Crippen LogP contribution >= 0.6 is 0 Å². The Balaban J connectivity index is 2.10. The molecule has 0 N–H and O–H groups in total. The van der Waals surface area contributed by atoms with Gasteiger partial charge in [0, 0.05) is 25.2 Å². The van der Waals surface area contributed by atoms with Gasteiger partial charge in [0.2, 0.25) is 0 Å². The molecule has 1 aromatic carbocycles. The molecule has 2 heteroatoms. The van der Waals surface area contributed by atoms with E-state index in [1.165, 1.54) is 49.8 Å². The maximum absolute atomic E-state index is 10.6. The van der Waals surface area contributed by atoms with Crippen LogP contribution in [0.25, 0.3) is 0 Å². The van der Waals surface area contributed by atoms with E-state index in [2.05, 4.69) is 29.2 Å². The molecule has 0 saturated carbocycles. The van der Waals surface area contributed by atoms with Gasteiger partial charge in [-0.3, -0.25) is 0 Å². The van der Waals surface area contributed by atoms with Crippen molar-refractivity contribution in [3.8, 4) is 0 Å². The molecule has 0 aliphatic carbocycles. The number of carbonyl (C=O) groups excluding carboxylic acids is 1. The minimum Gasteiger partial charge on any atom is -0.371 e. The smallest absolute Gasteiger partial charge is 0.120 e. The average Bonchev–Trinajstić information content (AvgIpc) is 2.59. The maximum atomic E-state index is 10.6. The van der Waals surface area contributed by atoms with Gasteiger partial charge in [-0.2, -0.15) is 0 Å². The van der Waals surface area contributed by atoms with E-state index in [4.69, 9.17) is 0 Å². The number of benzene rings is 1. The standard InChI is InChI=1S/C17H25NO/c19-15-9-11-16-10-5-6-12-17(16)18-13-7-3-1-2-4-8-14-18/h5-6,10,12,15H,1-4,7-9,11,13-14H2. The lowest BCUT2D eigenvalue weighted by atomic mass is 10.1. The zero-order valence-electron chi connectivity index (χ0n) is 11.8. The fourth-order valence-corrected chi connectivity index (χ4v) is 2.91. The number of hydrogen-bond donors (Lipinski definition) is 0. The summed E-state index contributed by atoms with van der Waals surface area (Å²) in [5, 5.41) is 0. The molecule has 1 aromatic rings. The number of anilines is 1. The van der Waals surface area contributed by atoms with E-state index in [-0.39, 0.29) is 0 Å². The SMILES string of the molecule is O=CCCc1ccccc1N1CCCCCCCC1. The normalized spacial score (nSPS) is 17.4. The summed E-state index contributed by atoms with van der Waals surface area (Å²) in [6.45, 7) is 2.33. The van der Waals surface area contributed by atoms with Crippen molar-refractivity contribution in [3.05, 3.63) is 29.8 Å². The maximum Gasteiger partial charge on any atom is 0.120 e. The van der Waals surface area contributed by atoms with Crippen LogP contribution in [0.5, 0.6) is 0 Å². The Hall–Kier alpha value is -1.31. The number of rotatable bonds is 4. The van der Waals surface area contributed by atoms with Crippen LogP contribution in [0.4, 0.5) is 5.69 Å². The van der Waals surface area contributed by atoms with Crippen molar-refractivity contribution in [3.63, 3.8) is 0 Å². The third-order valence-electron chi connectivity index (χ3n) is 3.97. The lowest BCUT2D eigenvalue weighted by Crippen LogP contribution is -2.26. The van der Waals surface area contributed by atoms with Crippen molar-refractivity contribution >= 4 is 12.0 Å². The molecule has 1 aliphatic heterocycles. The highest BCUT2D eigenvalue weighted by molar-refractivity contribution is 5.56. The Morgan fingerprint density at radius 1 is 0.947 bits per heavy atom. The number of aldehydes is 1. The molecule has 1 saturated heterocycles. The summed E-state index contributed by atoms with van der Waals surface area (Å²) in [6.07, 6.45) is 10.6. The number of para-hydroxylation sites is 1. The van der Waals surface area contributed by atoms with E-state index in [1.54, 1.807) is 0 Å². The first-order valence-electron chi connectivity index (χ1n) is 7.68. The zero-order valence-corrected chi connectivity index (χ0v) is 11.8. The van der Waals surface area contributed by atoms with E-state index in [0.717, 1.165) is 25.8 Å². The molecular weight excluding hydrogens is 234 g/mol. The Labute approximate surface area is 116 Å². The second kappa shape index (κ2) is 7.98. The van der Waals surface area contributed by atoms with Gasteiger partial charge in [-0.05, 0) is 30.9 Å². The molecule has 0 amide bonds. The molecule has 1 heterocycles. The number of hydrogen-bond acceptors (Lipinski definition) is 2. The first-order valence-corrected chi connectivity index (χ1v) is 7.68. The lowest BCUT2D eigenvalue weighted by molar-refractivity contribution is -0.107. The summed E-state index contributed by atoms with van der Waals surface area (Å²) in [5.41, 5.74) is 2.68. The fourth-order valence-electron chi connectivity index (χ4n) is 2.91. The van der Waals surface area contributed by atoms with Crippen molar-refractivity contribution in [2.45, 2.75) is 51.4 Å². The van der Waals surface area contributed by atoms with Crippen molar-refractivity contribution in [1.82, 2.24) is 0 Å². The highest BCUT2D eigenvalue weighted by Crippen LogP contribution is 2.24. The molecule has 0 radical (unpaired) electrons. The van der Waals surface area contributed by atoms with Crippen LogP contribution in [-0.2, 0) is 11.2 Å². The van der Waals surface area contributed by atoms with Crippen LogP contribution in [0.2, 0.25) is 0 Å². The predicted molar refractivity (Wildman–Crippen MR) is 80.7 cm³/mol. The summed E-state index contributed by atoms with van der Waals surface area (Å²) >= 11 is 0. The van der Waals surface area contributed by atoms with E-state index >= 15 is 0 Å². The minimum absolute atomic E-state index is 0.630. The first kappa shape index (κ1) is 14.1.